The maximum atomic E-state index is 13.8. The third-order valence-corrected chi connectivity index (χ3v) is 6.75. The second-order valence-electron chi connectivity index (χ2n) is 9.15. The van der Waals surface area contributed by atoms with E-state index in [1.807, 2.05) is 37.3 Å². The molecule has 2 amide bonds. The average molecular weight is 497 g/mol. The van der Waals surface area contributed by atoms with Gasteiger partial charge < -0.3 is 9.84 Å². The molecule has 6 nitrogen and oxygen atoms in total. The van der Waals surface area contributed by atoms with Crippen molar-refractivity contribution in [3.63, 3.8) is 0 Å². The minimum Gasteiger partial charge on any atom is -0.334 e. The predicted molar refractivity (Wildman–Crippen MR) is 141 cm³/mol. The molecule has 0 fully saturated rings. The number of amides is 2. The SMILES string of the molecule is CCc1ccc(C2NC(=O)N(CCCc3ccccc3)C(C)=C2c2nc(-c3cccc(F)c3)no2)cc1. The minimum absolute atomic E-state index is 0.163. The van der Waals surface area contributed by atoms with Gasteiger partial charge in [-0.2, -0.15) is 4.98 Å². The van der Waals surface area contributed by atoms with Crippen molar-refractivity contribution < 1.29 is 13.7 Å². The van der Waals surface area contributed by atoms with Crippen LogP contribution in [0.5, 0.6) is 0 Å². The van der Waals surface area contributed by atoms with Gasteiger partial charge in [-0.25, -0.2) is 9.18 Å². The molecule has 0 saturated carbocycles. The van der Waals surface area contributed by atoms with Crippen molar-refractivity contribution >= 4 is 11.6 Å². The molecule has 1 atom stereocenters. The van der Waals surface area contributed by atoms with Gasteiger partial charge in [-0.1, -0.05) is 78.8 Å². The van der Waals surface area contributed by atoms with Crippen molar-refractivity contribution in [3.05, 3.63) is 113 Å². The monoisotopic (exact) mass is 496 g/mol. The van der Waals surface area contributed by atoms with Crippen molar-refractivity contribution in [3.8, 4) is 11.4 Å². The van der Waals surface area contributed by atoms with E-state index in [1.165, 1.54) is 23.3 Å². The fourth-order valence-corrected chi connectivity index (χ4v) is 4.69. The zero-order valence-corrected chi connectivity index (χ0v) is 20.9. The molecule has 1 aliphatic heterocycles. The summed E-state index contributed by atoms with van der Waals surface area (Å²) in [5, 5.41) is 7.27. The van der Waals surface area contributed by atoms with E-state index in [0.29, 0.717) is 23.8 Å². The van der Waals surface area contributed by atoms with Crippen LogP contribution < -0.4 is 5.32 Å². The van der Waals surface area contributed by atoms with Gasteiger partial charge in [0.05, 0.1) is 11.6 Å². The maximum Gasteiger partial charge on any atom is 0.322 e. The lowest BCUT2D eigenvalue weighted by Gasteiger charge is -2.35. The molecule has 0 spiro atoms. The molecule has 7 heteroatoms. The first-order valence-corrected chi connectivity index (χ1v) is 12.5. The number of halogens is 1. The van der Waals surface area contributed by atoms with Gasteiger partial charge in [0.25, 0.3) is 5.89 Å². The first-order valence-electron chi connectivity index (χ1n) is 12.5. The lowest BCUT2D eigenvalue weighted by Crippen LogP contribution is -2.46. The first-order chi connectivity index (χ1) is 18.0. The van der Waals surface area contributed by atoms with Crippen LogP contribution in [-0.4, -0.2) is 27.6 Å². The van der Waals surface area contributed by atoms with E-state index in [2.05, 4.69) is 46.6 Å². The van der Waals surface area contributed by atoms with Crippen LogP contribution in [0.4, 0.5) is 9.18 Å². The number of nitrogens with one attached hydrogen (secondary N) is 1. The van der Waals surface area contributed by atoms with E-state index < -0.39 is 6.04 Å². The Balaban J connectivity index is 1.49. The summed E-state index contributed by atoms with van der Waals surface area (Å²) in [4.78, 5) is 19.6. The molecule has 188 valence electrons. The van der Waals surface area contributed by atoms with E-state index in [9.17, 15) is 9.18 Å². The van der Waals surface area contributed by atoms with Gasteiger partial charge in [-0.3, -0.25) is 4.90 Å². The fraction of sp³-hybridized carbons (Fsp3) is 0.233. The average Bonchev–Trinajstić information content (AvgIpc) is 3.41. The molecule has 0 saturated heterocycles. The Kier molecular flexibility index (Phi) is 7.12. The van der Waals surface area contributed by atoms with Crippen LogP contribution in [0.15, 0.2) is 89.1 Å². The Bertz CT molecular complexity index is 1410. The maximum absolute atomic E-state index is 13.8. The summed E-state index contributed by atoms with van der Waals surface area (Å²) in [6.07, 6.45) is 2.59. The van der Waals surface area contributed by atoms with Crippen LogP contribution in [0.3, 0.4) is 0 Å². The number of hydrogen-bond donors (Lipinski definition) is 1. The molecule has 0 bridgehead atoms. The number of carbonyl (C=O) groups is 1. The van der Waals surface area contributed by atoms with Crippen molar-refractivity contribution in [2.45, 2.75) is 39.2 Å². The summed E-state index contributed by atoms with van der Waals surface area (Å²) in [5.74, 6) is 0.222. The number of rotatable bonds is 8. The second-order valence-corrected chi connectivity index (χ2v) is 9.15. The van der Waals surface area contributed by atoms with Gasteiger partial charge in [0.15, 0.2) is 0 Å². The van der Waals surface area contributed by atoms with E-state index in [1.54, 1.807) is 17.0 Å². The van der Waals surface area contributed by atoms with Crippen molar-refractivity contribution in [1.29, 1.82) is 0 Å². The number of benzene rings is 3. The molecular formula is C30H29FN4O2. The highest BCUT2D eigenvalue weighted by Crippen LogP contribution is 2.37. The molecule has 5 rings (SSSR count). The lowest BCUT2D eigenvalue weighted by molar-refractivity contribution is 0.204. The topological polar surface area (TPSA) is 71.3 Å². The normalized spacial score (nSPS) is 15.7. The number of hydrogen-bond acceptors (Lipinski definition) is 4. The van der Waals surface area contributed by atoms with Gasteiger partial charge in [0.2, 0.25) is 5.82 Å². The van der Waals surface area contributed by atoms with Gasteiger partial charge in [0.1, 0.15) is 5.82 Å². The lowest BCUT2D eigenvalue weighted by atomic mass is 9.93. The molecule has 1 N–H and O–H groups in total. The van der Waals surface area contributed by atoms with Gasteiger partial charge >= 0.3 is 6.03 Å². The largest absolute Gasteiger partial charge is 0.334 e. The molecule has 4 aromatic rings. The van der Waals surface area contributed by atoms with Crippen molar-refractivity contribution in [1.82, 2.24) is 20.4 Å². The number of nitrogens with zero attached hydrogens (tertiary/aromatic N) is 3. The molecule has 1 aromatic heterocycles. The molecule has 2 heterocycles. The zero-order valence-electron chi connectivity index (χ0n) is 20.9. The Morgan fingerprint density at radius 2 is 1.78 bits per heavy atom. The third-order valence-electron chi connectivity index (χ3n) is 6.75. The molecule has 3 aromatic carbocycles. The standard InChI is InChI=1S/C30H29FN4O2/c1-3-21-14-16-23(17-15-21)27-26(29-33-28(34-37-29)24-12-7-13-25(31)19-24)20(2)35(30(36)32-27)18-8-11-22-9-5-4-6-10-22/h4-7,9-10,12-17,19,27H,3,8,11,18H2,1-2H3,(H,32,36). The molecule has 0 radical (unpaired) electrons. The van der Waals surface area contributed by atoms with Crippen LogP contribution in [0, 0.1) is 5.82 Å². The van der Waals surface area contributed by atoms with Crippen LogP contribution in [-0.2, 0) is 12.8 Å². The predicted octanol–water partition coefficient (Wildman–Crippen LogP) is 6.57. The summed E-state index contributed by atoms with van der Waals surface area (Å²) in [6.45, 7) is 4.56. The Hall–Kier alpha value is -4.26. The number of allylic oxidation sites excluding steroid dienone is 1. The van der Waals surface area contributed by atoms with Gasteiger partial charge in [0, 0.05) is 17.8 Å². The molecule has 0 aliphatic carbocycles. The van der Waals surface area contributed by atoms with E-state index in [0.717, 1.165) is 36.1 Å². The van der Waals surface area contributed by atoms with Crippen LogP contribution in [0.1, 0.15) is 48.9 Å². The van der Waals surface area contributed by atoms with Crippen LogP contribution in [0.25, 0.3) is 17.0 Å². The summed E-state index contributed by atoms with van der Waals surface area (Å²) in [6, 6.07) is 23.9. The fourth-order valence-electron chi connectivity index (χ4n) is 4.69. The molecule has 1 aliphatic rings. The minimum atomic E-state index is -0.454. The van der Waals surface area contributed by atoms with Crippen LogP contribution in [0.2, 0.25) is 0 Å². The zero-order chi connectivity index (χ0) is 25.8. The van der Waals surface area contributed by atoms with E-state index in [4.69, 9.17) is 4.52 Å². The van der Waals surface area contributed by atoms with Crippen LogP contribution >= 0.6 is 0 Å². The molecular weight excluding hydrogens is 467 g/mol. The number of aryl methyl sites for hydroxylation is 2. The van der Waals surface area contributed by atoms with Gasteiger partial charge in [-0.15, -0.1) is 0 Å². The molecule has 1 unspecified atom stereocenters. The highest BCUT2D eigenvalue weighted by atomic mass is 19.1. The Morgan fingerprint density at radius 1 is 1.00 bits per heavy atom. The highest BCUT2D eigenvalue weighted by Gasteiger charge is 2.35. The van der Waals surface area contributed by atoms with E-state index in [-0.39, 0.29) is 11.8 Å². The summed E-state index contributed by atoms with van der Waals surface area (Å²) in [7, 11) is 0. The number of carbonyl (C=O) groups excluding carboxylic acids is 1. The van der Waals surface area contributed by atoms with Gasteiger partial charge in [-0.05, 0) is 55.0 Å². The summed E-state index contributed by atoms with van der Waals surface area (Å²) >= 11 is 0. The summed E-state index contributed by atoms with van der Waals surface area (Å²) in [5.41, 5.74) is 5.38. The number of aromatic nitrogens is 2. The Morgan fingerprint density at radius 3 is 2.51 bits per heavy atom. The summed E-state index contributed by atoms with van der Waals surface area (Å²) < 4.78 is 19.5. The highest BCUT2D eigenvalue weighted by molar-refractivity contribution is 5.86. The van der Waals surface area contributed by atoms with E-state index >= 15 is 0 Å². The molecule has 37 heavy (non-hydrogen) atoms. The Labute approximate surface area is 215 Å². The van der Waals surface area contributed by atoms with Crippen molar-refractivity contribution in [2.24, 2.45) is 0 Å². The smallest absolute Gasteiger partial charge is 0.322 e. The first kappa shape index (κ1) is 24.4. The second kappa shape index (κ2) is 10.8. The quantitative estimate of drug-likeness (QED) is 0.300. The number of urea groups is 1. The van der Waals surface area contributed by atoms with Crippen molar-refractivity contribution in [2.75, 3.05) is 6.54 Å². The third kappa shape index (κ3) is 5.31.